The Morgan fingerprint density at radius 1 is 1.13 bits per heavy atom. The number of amides is 1. The average Bonchev–Trinajstić information content (AvgIpc) is 3.15. The molecule has 0 bridgehead atoms. The number of sulfonamides is 1. The van der Waals surface area contributed by atoms with Crippen LogP contribution in [0.1, 0.15) is 32.3 Å². The van der Waals surface area contributed by atoms with E-state index in [0.717, 1.165) is 22.0 Å². The lowest BCUT2D eigenvalue weighted by atomic mass is 9.93. The molecule has 0 saturated carbocycles. The van der Waals surface area contributed by atoms with Gasteiger partial charge in [-0.05, 0) is 62.2 Å². The summed E-state index contributed by atoms with van der Waals surface area (Å²) >= 11 is 0. The van der Waals surface area contributed by atoms with Gasteiger partial charge in [-0.25, -0.2) is 17.1 Å². The first-order valence-corrected chi connectivity index (χ1v) is 11.0. The summed E-state index contributed by atoms with van der Waals surface area (Å²) in [5.74, 6) is 0.623. The van der Waals surface area contributed by atoms with Crippen molar-refractivity contribution in [2.45, 2.75) is 37.1 Å². The minimum atomic E-state index is -3.73. The molecule has 0 spiro atoms. The standard InChI is InChI=1S/C21H25FN2O5S/c1-21(2,15-6-11-18-19(13-15)29-14-28-18)23-20(25)5-4-12-24(3)30(26,27)17-9-7-16(22)8-10-17/h6-11,13H,4-5,12,14H2,1-3H3,(H,23,25). The highest BCUT2D eigenvalue weighted by atomic mass is 32.2. The fourth-order valence-electron chi connectivity index (χ4n) is 3.14. The Labute approximate surface area is 175 Å². The highest BCUT2D eigenvalue weighted by Crippen LogP contribution is 2.35. The van der Waals surface area contributed by atoms with Crippen LogP contribution in [0.15, 0.2) is 47.4 Å². The van der Waals surface area contributed by atoms with Gasteiger partial charge in [0.15, 0.2) is 11.5 Å². The summed E-state index contributed by atoms with van der Waals surface area (Å²) in [4.78, 5) is 12.4. The summed E-state index contributed by atoms with van der Waals surface area (Å²) in [6, 6.07) is 10.2. The number of nitrogens with one attached hydrogen (secondary N) is 1. The smallest absolute Gasteiger partial charge is 0.242 e. The number of hydrogen-bond donors (Lipinski definition) is 1. The lowest BCUT2D eigenvalue weighted by molar-refractivity contribution is -0.122. The molecule has 1 aliphatic rings. The molecule has 30 heavy (non-hydrogen) atoms. The van der Waals surface area contributed by atoms with Gasteiger partial charge < -0.3 is 14.8 Å². The maximum atomic E-state index is 13.0. The number of hydrogen-bond acceptors (Lipinski definition) is 5. The molecule has 0 fully saturated rings. The van der Waals surface area contributed by atoms with E-state index in [1.54, 1.807) is 6.07 Å². The van der Waals surface area contributed by atoms with Crippen molar-refractivity contribution in [3.8, 4) is 11.5 Å². The van der Waals surface area contributed by atoms with Crippen LogP contribution in [0, 0.1) is 5.82 Å². The van der Waals surface area contributed by atoms with E-state index in [0.29, 0.717) is 17.9 Å². The van der Waals surface area contributed by atoms with Crippen LogP contribution in [0.25, 0.3) is 0 Å². The zero-order valence-corrected chi connectivity index (χ0v) is 18.0. The van der Waals surface area contributed by atoms with E-state index in [1.165, 1.54) is 19.2 Å². The minimum Gasteiger partial charge on any atom is -0.454 e. The van der Waals surface area contributed by atoms with Crippen LogP contribution >= 0.6 is 0 Å². The molecule has 1 amide bonds. The van der Waals surface area contributed by atoms with Crippen molar-refractivity contribution < 1.29 is 27.1 Å². The molecule has 0 aliphatic carbocycles. The van der Waals surface area contributed by atoms with Gasteiger partial charge in [0.2, 0.25) is 22.7 Å². The average molecular weight is 437 g/mol. The number of nitrogens with zero attached hydrogens (tertiary/aromatic N) is 1. The van der Waals surface area contributed by atoms with Crippen LogP contribution in [0.5, 0.6) is 11.5 Å². The van der Waals surface area contributed by atoms with E-state index >= 15 is 0 Å². The molecular formula is C21H25FN2O5S. The van der Waals surface area contributed by atoms with Gasteiger partial charge >= 0.3 is 0 Å². The van der Waals surface area contributed by atoms with Gasteiger partial charge in [-0.15, -0.1) is 0 Å². The fourth-order valence-corrected chi connectivity index (χ4v) is 4.35. The van der Waals surface area contributed by atoms with E-state index < -0.39 is 21.4 Å². The quantitative estimate of drug-likeness (QED) is 0.688. The molecule has 3 rings (SSSR count). The first kappa shape index (κ1) is 22.0. The van der Waals surface area contributed by atoms with Crippen molar-refractivity contribution >= 4 is 15.9 Å². The summed E-state index contributed by atoms with van der Waals surface area (Å²) in [7, 11) is -2.29. The molecule has 7 nitrogen and oxygen atoms in total. The highest BCUT2D eigenvalue weighted by Gasteiger charge is 2.26. The molecule has 1 N–H and O–H groups in total. The van der Waals surface area contributed by atoms with Crippen molar-refractivity contribution in [3.63, 3.8) is 0 Å². The molecule has 1 aliphatic heterocycles. The van der Waals surface area contributed by atoms with E-state index in [-0.39, 0.29) is 30.6 Å². The number of benzene rings is 2. The molecule has 2 aromatic carbocycles. The van der Waals surface area contributed by atoms with Gasteiger partial charge in [-0.1, -0.05) is 6.07 Å². The first-order chi connectivity index (χ1) is 14.1. The van der Waals surface area contributed by atoms with Gasteiger partial charge in [0.25, 0.3) is 0 Å². The van der Waals surface area contributed by atoms with Crippen LogP contribution in [0.2, 0.25) is 0 Å². The molecule has 1 heterocycles. The fraction of sp³-hybridized carbons (Fsp3) is 0.381. The van der Waals surface area contributed by atoms with Crippen LogP contribution in [0.3, 0.4) is 0 Å². The summed E-state index contributed by atoms with van der Waals surface area (Å²) in [5, 5.41) is 2.97. The second kappa shape index (κ2) is 8.61. The van der Waals surface area contributed by atoms with Gasteiger partial charge in [0.1, 0.15) is 5.82 Å². The lowest BCUT2D eigenvalue weighted by Gasteiger charge is -2.27. The maximum Gasteiger partial charge on any atom is 0.242 e. The van der Waals surface area contributed by atoms with Crippen molar-refractivity contribution in [1.82, 2.24) is 9.62 Å². The summed E-state index contributed by atoms with van der Waals surface area (Å²) < 4.78 is 49.9. The predicted octanol–water partition coefficient (Wildman–Crippen LogP) is 3.01. The maximum absolute atomic E-state index is 13.0. The number of rotatable bonds is 8. The second-order valence-electron chi connectivity index (χ2n) is 7.63. The third-order valence-corrected chi connectivity index (χ3v) is 6.82. The highest BCUT2D eigenvalue weighted by molar-refractivity contribution is 7.89. The van der Waals surface area contributed by atoms with Crippen molar-refractivity contribution in [1.29, 1.82) is 0 Å². The van der Waals surface area contributed by atoms with Gasteiger partial charge in [-0.3, -0.25) is 4.79 Å². The SMILES string of the molecule is CN(CCCC(=O)NC(C)(C)c1ccc2c(c1)OCO2)S(=O)(=O)c1ccc(F)cc1. The normalized spacial score (nSPS) is 13.5. The zero-order valence-electron chi connectivity index (χ0n) is 17.1. The number of fused-ring (bicyclic) bond motifs is 1. The van der Waals surface area contributed by atoms with E-state index in [4.69, 9.17) is 9.47 Å². The van der Waals surface area contributed by atoms with Gasteiger partial charge in [0, 0.05) is 20.0 Å². The van der Waals surface area contributed by atoms with E-state index in [9.17, 15) is 17.6 Å². The van der Waals surface area contributed by atoms with Crippen molar-refractivity contribution in [2.24, 2.45) is 0 Å². The summed E-state index contributed by atoms with van der Waals surface area (Å²) in [6.07, 6.45) is 0.511. The number of carbonyl (C=O) groups is 1. The molecule has 0 aromatic heterocycles. The first-order valence-electron chi connectivity index (χ1n) is 9.53. The monoisotopic (exact) mass is 436 g/mol. The van der Waals surface area contributed by atoms with E-state index in [2.05, 4.69) is 5.32 Å². The van der Waals surface area contributed by atoms with Crippen LogP contribution in [-0.4, -0.2) is 39.0 Å². The number of carbonyl (C=O) groups excluding carboxylic acids is 1. The Balaban J connectivity index is 1.53. The van der Waals surface area contributed by atoms with Crippen LogP contribution in [0.4, 0.5) is 4.39 Å². The summed E-state index contributed by atoms with van der Waals surface area (Å²) in [6.45, 7) is 4.11. The predicted molar refractivity (Wildman–Crippen MR) is 109 cm³/mol. The number of halogens is 1. The zero-order chi connectivity index (χ0) is 21.9. The minimum absolute atomic E-state index is 0.0137. The van der Waals surface area contributed by atoms with Gasteiger partial charge in [0.05, 0.1) is 10.4 Å². The molecule has 0 radical (unpaired) electrons. The third kappa shape index (κ3) is 4.91. The largest absolute Gasteiger partial charge is 0.454 e. The molecule has 2 aromatic rings. The van der Waals surface area contributed by atoms with E-state index in [1.807, 2.05) is 26.0 Å². The Morgan fingerprint density at radius 2 is 1.80 bits per heavy atom. The molecular weight excluding hydrogens is 411 g/mol. The molecule has 162 valence electrons. The summed E-state index contributed by atoms with van der Waals surface area (Å²) in [5.41, 5.74) is 0.237. The number of ether oxygens (including phenoxy) is 2. The third-order valence-electron chi connectivity index (χ3n) is 4.94. The Morgan fingerprint density at radius 3 is 2.50 bits per heavy atom. The van der Waals surface area contributed by atoms with Crippen LogP contribution < -0.4 is 14.8 Å². The van der Waals surface area contributed by atoms with Crippen molar-refractivity contribution in [2.75, 3.05) is 20.4 Å². The molecule has 9 heteroatoms. The lowest BCUT2D eigenvalue weighted by Crippen LogP contribution is -2.41. The van der Waals surface area contributed by atoms with Gasteiger partial charge in [-0.2, -0.15) is 0 Å². The molecule has 0 atom stereocenters. The molecule has 0 unspecified atom stereocenters. The molecule has 0 saturated heterocycles. The Bertz CT molecular complexity index is 1020. The Hall–Kier alpha value is -2.65. The Kier molecular flexibility index (Phi) is 6.33. The van der Waals surface area contributed by atoms with Crippen molar-refractivity contribution in [3.05, 3.63) is 53.8 Å². The van der Waals surface area contributed by atoms with Crippen LogP contribution in [-0.2, 0) is 20.4 Å². The topological polar surface area (TPSA) is 84.9 Å². The second-order valence-corrected chi connectivity index (χ2v) is 9.67.